The molecule has 0 bridgehead atoms. The number of dihydropyridines is 1. The van der Waals surface area contributed by atoms with Crippen molar-refractivity contribution in [1.29, 1.82) is 10.8 Å². The molecule has 2 aliphatic heterocycles. The van der Waals surface area contributed by atoms with E-state index in [1.54, 1.807) is 12.2 Å². The minimum absolute atomic E-state index is 0.270. The summed E-state index contributed by atoms with van der Waals surface area (Å²) in [5.74, 6) is 0.428. The molecule has 7 nitrogen and oxygen atoms in total. The summed E-state index contributed by atoms with van der Waals surface area (Å²) in [6, 6.07) is 1.39. The van der Waals surface area contributed by atoms with Crippen molar-refractivity contribution in [1.82, 2.24) is 15.5 Å². The van der Waals surface area contributed by atoms with Gasteiger partial charge in [0, 0.05) is 54.4 Å². The second kappa shape index (κ2) is 10.1. The zero-order valence-corrected chi connectivity index (χ0v) is 17.9. The van der Waals surface area contributed by atoms with Gasteiger partial charge < -0.3 is 32.4 Å². The molecule has 1 saturated heterocycles. The molecule has 3 atom stereocenters. The van der Waals surface area contributed by atoms with Crippen molar-refractivity contribution >= 4 is 12.1 Å². The predicted octanol–water partition coefficient (Wildman–Crippen LogP) is 2.47. The number of likely N-dealkylation sites (N-methyl/N-ethyl adjacent to an activating group) is 1. The van der Waals surface area contributed by atoms with Gasteiger partial charge in [-0.05, 0) is 58.3 Å². The number of hydrogen-bond acceptors (Lipinski definition) is 6. The lowest BCUT2D eigenvalue weighted by Gasteiger charge is -2.28. The molecule has 0 aromatic rings. The number of nitrogens with two attached hydrogens (primary N) is 2. The molecule has 0 aromatic heterocycles. The van der Waals surface area contributed by atoms with E-state index in [2.05, 4.69) is 24.5 Å². The predicted molar refractivity (Wildman–Crippen MR) is 122 cm³/mol. The van der Waals surface area contributed by atoms with E-state index >= 15 is 0 Å². The maximum Gasteiger partial charge on any atom is 0.120 e. The first-order valence-corrected chi connectivity index (χ1v) is 10.1. The van der Waals surface area contributed by atoms with Crippen LogP contribution in [0.15, 0.2) is 58.7 Å². The summed E-state index contributed by atoms with van der Waals surface area (Å²) in [4.78, 5) is 1.98. The highest BCUT2D eigenvalue weighted by Gasteiger charge is 2.23. The Bertz CT molecular complexity index is 785. The highest BCUT2D eigenvalue weighted by atomic mass is 15.2. The number of amidine groups is 1. The average molecular weight is 398 g/mol. The Morgan fingerprint density at radius 2 is 2.07 bits per heavy atom. The summed E-state index contributed by atoms with van der Waals surface area (Å²) < 4.78 is 0. The molecule has 2 heterocycles. The van der Waals surface area contributed by atoms with Gasteiger partial charge in [-0.2, -0.15) is 0 Å². The van der Waals surface area contributed by atoms with E-state index in [1.165, 1.54) is 25.3 Å². The van der Waals surface area contributed by atoms with Crippen molar-refractivity contribution in [3.05, 3.63) is 58.7 Å². The van der Waals surface area contributed by atoms with Crippen LogP contribution in [0.3, 0.4) is 0 Å². The maximum atomic E-state index is 8.37. The van der Waals surface area contributed by atoms with Crippen molar-refractivity contribution in [2.24, 2.45) is 11.5 Å². The Kier molecular flexibility index (Phi) is 7.84. The summed E-state index contributed by atoms with van der Waals surface area (Å²) >= 11 is 0. The van der Waals surface area contributed by atoms with E-state index in [-0.39, 0.29) is 6.04 Å². The quantitative estimate of drug-likeness (QED) is 0.291. The van der Waals surface area contributed by atoms with Crippen LogP contribution < -0.4 is 22.1 Å². The molecule has 3 unspecified atom stereocenters. The largest absolute Gasteiger partial charge is 0.404 e. The first kappa shape index (κ1) is 22.5. The van der Waals surface area contributed by atoms with Crippen molar-refractivity contribution in [3.8, 4) is 0 Å². The summed E-state index contributed by atoms with van der Waals surface area (Å²) in [6.45, 7) is 6.29. The van der Waals surface area contributed by atoms with Crippen LogP contribution in [0.4, 0.5) is 0 Å². The summed E-state index contributed by atoms with van der Waals surface area (Å²) in [7, 11) is 1.95. The molecule has 29 heavy (non-hydrogen) atoms. The monoisotopic (exact) mass is 397 g/mol. The topological polar surface area (TPSA) is 127 Å². The Labute approximate surface area is 174 Å². The van der Waals surface area contributed by atoms with Gasteiger partial charge >= 0.3 is 0 Å². The molecular weight excluding hydrogens is 362 g/mol. The smallest absolute Gasteiger partial charge is 0.120 e. The minimum Gasteiger partial charge on any atom is -0.404 e. The fourth-order valence-corrected chi connectivity index (χ4v) is 3.69. The SMILES string of the molecule is CC1=C(/C(C=N)=C/N)C=C/C(=C(N)\C=C/C(=N)N(C)C(C)CC2CCC(C)N2)N1. The van der Waals surface area contributed by atoms with Gasteiger partial charge in [-0.1, -0.05) is 6.08 Å². The van der Waals surface area contributed by atoms with Crippen molar-refractivity contribution in [3.63, 3.8) is 0 Å². The lowest BCUT2D eigenvalue weighted by atomic mass is 10.0. The van der Waals surface area contributed by atoms with Crippen LogP contribution in [-0.4, -0.2) is 42.1 Å². The number of hydrogen-bond donors (Lipinski definition) is 6. The number of nitrogens with one attached hydrogen (secondary N) is 4. The second-order valence-corrected chi connectivity index (χ2v) is 7.89. The van der Waals surface area contributed by atoms with Gasteiger partial charge in [0.25, 0.3) is 0 Å². The molecule has 0 aliphatic carbocycles. The molecule has 0 spiro atoms. The van der Waals surface area contributed by atoms with Crippen LogP contribution in [0, 0.1) is 10.8 Å². The third-order valence-electron chi connectivity index (χ3n) is 5.66. The molecule has 0 aromatic carbocycles. The summed E-state index contributed by atoms with van der Waals surface area (Å²) in [5, 5.41) is 22.7. The summed E-state index contributed by atoms with van der Waals surface area (Å²) in [5.41, 5.74) is 15.5. The fourth-order valence-electron chi connectivity index (χ4n) is 3.69. The van der Waals surface area contributed by atoms with E-state index < -0.39 is 0 Å². The van der Waals surface area contributed by atoms with E-state index in [4.69, 9.17) is 22.3 Å². The molecule has 7 heteroatoms. The van der Waals surface area contributed by atoms with Crippen LogP contribution in [0.2, 0.25) is 0 Å². The zero-order valence-electron chi connectivity index (χ0n) is 17.9. The number of rotatable bonds is 7. The molecule has 158 valence electrons. The van der Waals surface area contributed by atoms with Gasteiger partial charge in [0.2, 0.25) is 0 Å². The zero-order chi connectivity index (χ0) is 21.6. The van der Waals surface area contributed by atoms with Crippen molar-refractivity contribution in [2.75, 3.05) is 7.05 Å². The third-order valence-corrected chi connectivity index (χ3v) is 5.66. The molecular formula is C22H35N7. The van der Waals surface area contributed by atoms with Gasteiger partial charge in [-0.25, -0.2) is 0 Å². The molecule has 2 aliphatic rings. The normalized spacial score (nSPS) is 25.2. The van der Waals surface area contributed by atoms with Gasteiger partial charge in [0.05, 0.1) is 11.4 Å². The fraction of sp³-hybridized carbons (Fsp3) is 0.455. The Balaban J connectivity index is 1.99. The number of nitrogens with zero attached hydrogens (tertiary/aromatic N) is 1. The number of allylic oxidation sites excluding steroid dienone is 6. The van der Waals surface area contributed by atoms with Gasteiger partial charge in [0.15, 0.2) is 0 Å². The highest BCUT2D eigenvalue weighted by Crippen LogP contribution is 2.20. The first-order valence-electron chi connectivity index (χ1n) is 10.1. The molecule has 2 rings (SSSR count). The average Bonchev–Trinajstić information content (AvgIpc) is 3.11. The standard InChI is InChI=1S/C22H35N7/c1-14-5-6-18(27-14)11-15(2)29(4)22(26)10-8-20(25)21-9-7-19(16(3)28-21)17(12-23)13-24/h7-10,12-15,18,23,26-28H,5-6,11,24-25H2,1-4H3/b10-8-,17-13+,21-20-,23-12?,26-22?. The van der Waals surface area contributed by atoms with Crippen LogP contribution in [-0.2, 0) is 0 Å². The summed E-state index contributed by atoms with van der Waals surface area (Å²) in [6.07, 6.45) is 13.3. The van der Waals surface area contributed by atoms with E-state index in [1.807, 2.05) is 31.0 Å². The lowest BCUT2D eigenvalue weighted by molar-refractivity contribution is 0.332. The van der Waals surface area contributed by atoms with E-state index in [0.29, 0.717) is 29.2 Å². The van der Waals surface area contributed by atoms with E-state index in [0.717, 1.165) is 23.4 Å². The van der Waals surface area contributed by atoms with E-state index in [9.17, 15) is 0 Å². The third kappa shape index (κ3) is 5.84. The molecule has 0 radical (unpaired) electrons. The van der Waals surface area contributed by atoms with Crippen molar-refractivity contribution < 1.29 is 0 Å². The molecule has 0 amide bonds. The minimum atomic E-state index is 0.270. The highest BCUT2D eigenvalue weighted by molar-refractivity contribution is 5.90. The van der Waals surface area contributed by atoms with Crippen LogP contribution in [0.1, 0.15) is 40.0 Å². The Morgan fingerprint density at radius 3 is 2.62 bits per heavy atom. The maximum absolute atomic E-state index is 8.37. The molecule has 0 saturated carbocycles. The molecule has 1 fully saturated rings. The van der Waals surface area contributed by atoms with Crippen molar-refractivity contribution in [2.45, 2.75) is 58.2 Å². The van der Waals surface area contributed by atoms with Gasteiger partial charge in [-0.15, -0.1) is 0 Å². The first-order chi connectivity index (χ1) is 13.8. The lowest BCUT2D eigenvalue weighted by Crippen LogP contribution is -2.39. The second-order valence-electron chi connectivity index (χ2n) is 7.89. The van der Waals surface area contributed by atoms with Crippen LogP contribution in [0.25, 0.3) is 0 Å². The van der Waals surface area contributed by atoms with Gasteiger partial charge in [0.1, 0.15) is 5.84 Å². The molecule has 8 N–H and O–H groups in total. The Morgan fingerprint density at radius 1 is 1.34 bits per heavy atom. The van der Waals surface area contributed by atoms with Crippen LogP contribution >= 0.6 is 0 Å². The van der Waals surface area contributed by atoms with Crippen LogP contribution in [0.5, 0.6) is 0 Å². The Hall–Kier alpha value is -2.80. The van der Waals surface area contributed by atoms with Gasteiger partial charge in [-0.3, -0.25) is 5.41 Å².